The highest BCUT2D eigenvalue weighted by Crippen LogP contribution is 2.39. The highest BCUT2D eigenvalue weighted by atomic mass is 19.1. The summed E-state index contributed by atoms with van der Waals surface area (Å²) in [7, 11) is 0. The average Bonchev–Trinajstić information content (AvgIpc) is 2.00. The van der Waals surface area contributed by atoms with E-state index in [-0.39, 0.29) is 11.7 Å². The lowest BCUT2D eigenvalue weighted by Crippen LogP contribution is -2.51. The number of para-hydroxylation sites is 1. The highest BCUT2D eigenvalue weighted by molar-refractivity contribution is 5.37. The van der Waals surface area contributed by atoms with Gasteiger partial charge in [0.05, 0.1) is 0 Å². The van der Waals surface area contributed by atoms with Crippen molar-refractivity contribution in [2.24, 2.45) is 5.92 Å². The lowest BCUT2D eigenvalue weighted by Gasteiger charge is -2.38. The van der Waals surface area contributed by atoms with Crippen molar-refractivity contribution in [2.75, 3.05) is 13.1 Å². The van der Waals surface area contributed by atoms with Crippen LogP contribution in [0.5, 0.6) is 5.75 Å². The maximum atomic E-state index is 14.3. The molecular formula is C11H14FNO. The molecule has 2 nitrogen and oxygen atoms in total. The molecule has 3 heteroatoms. The van der Waals surface area contributed by atoms with Gasteiger partial charge >= 0.3 is 0 Å². The smallest absolute Gasteiger partial charge is 0.142 e. The van der Waals surface area contributed by atoms with E-state index < -0.39 is 5.67 Å². The summed E-state index contributed by atoms with van der Waals surface area (Å²) >= 11 is 0. The molecule has 2 rings (SSSR count). The van der Waals surface area contributed by atoms with E-state index in [9.17, 15) is 9.50 Å². The molecule has 14 heavy (non-hydrogen) atoms. The first-order valence-electron chi connectivity index (χ1n) is 4.80. The number of nitrogens with one attached hydrogen (secondary N) is 1. The van der Waals surface area contributed by atoms with Crippen molar-refractivity contribution in [3.63, 3.8) is 0 Å². The van der Waals surface area contributed by atoms with Gasteiger partial charge in [0.25, 0.3) is 0 Å². The molecule has 1 atom stereocenters. The summed E-state index contributed by atoms with van der Waals surface area (Å²) in [6.07, 6.45) is 0. The maximum Gasteiger partial charge on any atom is 0.142 e. The minimum atomic E-state index is -1.43. The van der Waals surface area contributed by atoms with Crippen molar-refractivity contribution in [3.05, 3.63) is 29.8 Å². The van der Waals surface area contributed by atoms with Crippen LogP contribution >= 0.6 is 0 Å². The second kappa shape index (κ2) is 3.24. The van der Waals surface area contributed by atoms with Crippen LogP contribution in [0.1, 0.15) is 12.5 Å². The SMILES string of the molecule is CC(F)(c1ccccc1O)C1CNC1. The Morgan fingerprint density at radius 3 is 2.57 bits per heavy atom. The zero-order valence-electron chi connectivity index (χ0n) is 8.13. The second-order valence-electron chi connectivity index (χ2n) is 3.95. The predicted molar refractivity (Wildman–Crippen MR) is 52.9 cm³/mol. The van der Waals surface area contributed by atoms with Gasteiger partial charge in [-0.3, -0.25) is 0 Å². The van der Waals surface area contributed by atoms with Crippen LogP contribution in [0.25, 0.3) is 0 Å². The summed E-state index contributed by atoms with van der Waals surface area (Å²) in [5, 5.41) is 12.6. The van der Waals surface area contributed by atoms with E-state index in [1.807, 2.05) is 0 Å². The molecule has 0 amide bonds. The van der Waals surface area contributed by atoms with Gasteiger partial charge in [0.2, 0.25) is 0 Å². The number of halogens is 1. The first-order valence-corrected chi connectivity index (χ1v) is 4.80. The molecule has 0 aromatic heterocycles. The van der Waals surface area contributed by atoms with E-state index >= 15 is 0 Å². The van der Waals surface area contributed by atoms with Gasteiger partial charge in [-0.1, -0.05) is 18.2 Å². The molecule has 1 heterocycles. The van der Waals surface area contributed by atoms with Gasteiger partial charge < -0.3 is 10.4 Å². The molecule has 1 aliphatic heterocycles. The third-order valence-corrected chi connectivity index (χ3v) is 2.98. The first-order chi connectivity index (χ1) is 6.62. The molecule has 1 aromatic rings. The van der Waals surface area contributed by atoms with Gasteiger partial charge in [0, 0.05) is 24.6 Å². The topological polar surface area (TPSA) is 32.3 Å². The van der Waals surface area contributed by atoms with E-state index in [1.54, 1.807) is 18.2 Å². The van der Waals surface area contributed by atoms with E-state index in [1.165, 1.54) is 13.0 Å². The molecule has 1 saturated heterocycles. The molecule has 1 fully saturated rings. The molecule has 0 radical (unpaired) electrons. The largest absolute Gasteiger partial charge is 0.508 e. The van der Waals surface area contributed by atoms with Crippen molar-refractivity contribution in [1.29, 1.82) is 0 Å². The Morgan fingerprint density at radius 2 is 2.07 bits per heavy atom. The quantitative estimate of drug-likeness (QED) is 0.754. The molecule has 0 bridgehead atoms. The summed E-state index contributed by atoms with van der Waals surface area (Å²) < 4.78 is 14.3. The molecule has 1 unspecified atom stereocenters. The van der Waals surface area contributed by atoms with Gasteiger partial charge in [-0.2, -0.15) is 0 Å². The monoisotopic (exact) mass is 195 g/mol. The molecule has 1 aromatic carbocycles. The number of hydrogen-bond acceptors (Lipinski definition) is 2. The second-order valence-corrected chi connectivity index (χ2v) is 3.95. The molecule has 1 aliphatic rings. The van der Waals surface area contributed by atoms with Gasteiger partial charge in [-0.25, -0.2) is 4.39 Å². The first kappa shape index (κ1) is 9.46. The van der Waals surface area contributed by atoms with Crippen LogP contribution in [0, 0.1) is 5.92 Å². The Kier molecular flexibility index (Phi) is 2.19. The van der Waals surface area contributed by atoms with Crippen LogP contribution in [0.4, 0.5) is 4.39 Å². The maximum absolute atomic E-state index is 14.3. The van der Waals surface area contributed by atoms with Crippen LogP contribution in [-0.2, 0) is 5.67 Å². The van der Waals surface area contributed by atoms with Gasteiger partial charge in [-0.05, 0) is 13.0 Å². The Labute approximate surface area is 82.8 Å². The van der Waals surface area contributed by atoms with Gasteiger partial charge in [0.1, 0.15) is 11.4 Å². The predicted octanol–water partition coefficient (Wildman–Crippen LogP) is 1.80. The number of benzene rings is 1. The summed E-state index contributed by atoms with van der Waals surface area (Å²) in [4.78, 5) is 0. The van der Waals surface area contributed by atoms with E-state index in [2.05, 4.69) is 5.32 Å². The summed E-state index contributed by atoms with van der Waals surface area (Å²) in [5.74, 6) is 0.0141. The lowest BCUT2D eigenvalue weighted by atomic mass is 9.80. The van der Waals surface area contributed by atoms with Crippen molar-refractivity contribution < 1.29 is 9.50 Å². The minimum Gasteiger partial charge on any atom is -0.508 e. The lowest BCUT2D eigenvalue weighted by molar-refractivity contribution is 0.0607. The summed E-state index contributed by atoms with van der Waals surface area (Å²) in [5.41, 5.74) is -1.04. The van der Waals surface area contributed by atoms with Crippen molar-refractivity contribution in [1.82, 2.24) is 5.32 Å². The fourth-order valence-corrected chi connectivity index (χ4v) is 1.78. The van der Waals surface area contributed by atoms with Crippen molar-refractivity contribution >= 4 is 0 Å². The molecule has 0 aliphatic carbocycles. The van der Waals surface area contributed by atoms with Crippen LogP contribution in [0.15, 0.2) is 24.3 Å². The van der Waals surface area contributed by atoms with Crippen LogP contribution in [0.3, 0.4) is 0 Å². The molecule has 0 saturated carbocycles. The van der Waals surface area contributed by atoms with Crippen LogP contribution in [0.2, 0.25) is 0 Å². The van der Waals surface area contributed by atoms with E-state index in [0.717, 1.165) is 0 Å². The Morgan fingerprint density at radius 1 is 1.43 bits per heavy atom. The van der Waals surface area contributed by atoms with Gasteiger partial charge in [-0.15, -0.1) is 0 Å². The number of rotatable bonds is 2. The molecule has 76 valence electrons. The normalized spacial score (nSPS) is 21.3. The highest BCUT2D eigenvalue weighted by Gasteiger charge is 2.41. The molecule has 0 spiro atoms. The number of phenols is 1. The molecule has 2 N–H and O–H groups in total. The summed E-state index contributed by atoms with van der Waals surface area (Å²) in [6, 6.07) is 6.62. The number of alkyl halides is 1. The van der Waals surface area contributed by atoms with Crippen molar-refractivity contribution in [2.45, 2.75) is 12.6 Å². The zero-order chi connectivity index (χ0) is 10.2. The standard InChI is InChI=1S/C11H14FNO/c1-11(12,8-6-13-7-8)9-4-2-3-5-10(9)14/h2-5,8,13-14H,6-7H2,1H3. The van der Waals surface area contributed by atoms with Crippen LogP contribution in [-0.4, -0.2) is 18.2 Å². The van der Waals surface area contributed by atoms with E-state index in [0.29, 0.717) is 18.7 Å². The minimum absolute atomic E-state index is 0.0317. The number of hydrogen-bond donors (Lipinski definition) is 2. The third kappa shape index (κ3) is 1.38. The average molecular weight is 195 g/mol. The van der Waals surface area contributed by atoms with E-state index in [4.69, 9.17) is 0 Å². The Hall–Kier alpha value is -1.09. The number of aromatic hydroxyl groups is 1. The summed E-state index contributed by atoms with van der Waals surface area (Å²) in [6.45, 7) is 2.90. The Balaban J connectivity index is 2.32. The third-order valence-electron chi connectivity index (χ3n) is 2.98. The Bertz CT molecular complexity index is 334. The fourth-order valence-electron chi connectivity index (χ4n) is 1.78. The fraction of sp³-hybridized carbons (Fsp3) is 0.455. The molecular weight excluding hydrogens is 181 g/mol. The van der Waals surface area contributed by atoms with Crippen LogP contribution < -0.4 is 5.32 Å². The van der Waals surface area contributed by atoms with Crippen molar-refractivity contribution in [3.8, 4) is 5.75 Å². The number of phenolic OH excluding ortho intramolecular Hbond substituents is 1. The van der Waals surface area contributed by atoms with Gasteiger partial charge in [0.15, 0.2) is 0 Å². The zero-order valence-corrected chi connectivity index (χ0v) is 8.13.